The molecule has 0 aliphatic rings. The third-order valence-corrected chi connectivity index (χ3v) is 3.60. The largest absolute Gasteiger partial charge is 0.349 e. The zero-order valence-corrected chi connectivity index (χ0v) is 12.8. The van der Waals surface area contributed by atoms with Gasteiger partial charge in [-0.2, -0.15) is 0 Å². The highest BCUT2D eigenvalue weighted by Crippen LogP contribution is 2.22. The highest BCUT2D eigenvalue weighted by Gasteiger charge is 2.16. The van der Waals surface area contributed by atoms with Gasteiger partial charge in [-0.3, -0.25) is 4.79 Å². The molecule has 1 aromatic carbocycles. The van der Waals surface area contributed by atoms with Crippen LogP contribution in [0.4, 0.5) is 0 Å². The van der Waals surface area contributed by atoms with Gasteiger partial charge in [-0.05, 0) is 25.1 Å². The number of carbonyl (C=O) groups excluding carboxylic acids is 1. The van der Waals surface area contributed by atoms with Gasteiger partial charge in [-0.25, -0.2) is 0 Å². The minimum absolute atomic E-state index is 0.0113. The fourth-order valence-electron chi connectivity index (χ4n) is 1.71. The van der Waals surface area contributed by atoms with Gasteiger partial charge in [0.05, 0.1) is 6.04 Å². The van der Waals surface area contributed by atoms with E-state index >= 15 is 0 Å². The van der Waals surface area contributed by atoms with E-state index in [1.165, 1.54) is 0 Å². The Bertz CT molecular complexity index is 395. The van der Waals surface area contributed by atoms with Crippen molar-refractivity contribution in [2.45, 2.75) is 26.8 Å². The van der Waals surface area contributed by atoms with E-state index in [9.17, 15) is 4.79 Å². The first-order valence-electron chi connectivity index (χ1n) is 6.31. The Labute approximate surface area is 117 Å². The smallest absolute Gasteiger partial charge is 0.224 e. The fourth-order valence-corrected chi connectivity index (χ4v) is 2.34. The van der Waals surface area contributed by atoms with E-state index < -0.39 is 0 Å². The molecule has 100 valence electrons. The summed E-state index contributed by atoms with van der Waals surface area (Å²) in [4.78, 5) is 12.0. The second-order valence-electron chi connectivity index (χ2n) is 4.46. The Morgan fingerprint density at radius 3 is 2.61 bits per heavy atom. The summed E-state index contributed by atoms with van der Waals surface area (Å²) in [5.74, 6) is 0.0640. The van der Waals surface area contributed by atoms with Crippen LogP contribution in [0.25, 0.3) is 0 Å². The quantitative estimate of drug-likeness (QED) is 0.848. The van der Waals surface area contributed by atoms with Gasteiger partial charge < -0.3 is 10.6 Å². The fraction of sp³-hybridized carbons (Fsp3) is 0.500. The SMILES string of the molecule is CCNCC(C)C(=O)N[C@H](C)c1ccccc1Br. The molecule has 1 rings (SSSR count). The minimum Gasteiger partial charge on any atom is -0.349 e. The Morgan fingerprint density at radius 2 is 2.00 bits per heavy atom. The maximum Gasteiger partial charge on any atom is 0.224 e. The predicted octanol–water partition coefficient (Wildman–Crippen LogP) is 2.87. The van der Waals surface area contributed by atoms with Gasteiger partial charge in [0.1, 0.15) is 0 Å². The van der Waals surface area contributed by atoms with Gasteiger partial charge in [0.2, 0.25) is 5.91 Å². The van der Waals surface area contributed by atoms with Crippen LogP contribution >= 0.6 is 15.9 Å². The van der Waals surface area contributed by atoms with Crippen molar-refractivity contribution >= 4 is 21.8 Å². The monoisotopic (exact) mass is 312 g/mol. The third-order valence-electron chi connectivity index (χ3n) is 2.88. The van der Waals surface area contributed by atoms with Crippen LogP contribution in [0.15, 0.2) is 28.7 Å². The summed E-state index contributed by atoms with van der Waals surface area (Å²) in [6, 6.07) is 7.96. The van der Waals surface area contributed by atoms with Crippen molar-refractivity contribution in [1.29, 1.82) is 0 Å². The van der Waals surface area contributed by atoms with E-state index in [2.05, 4.69) is 26.6 Å². The highest BCUT2D eigenvalue weighted by atomic mass is 79.9. The summed E-state index contributed by atoms with van der Waals surface area (Å²) in [6.45, 7) is 7.57. The number of hydrogen-bond donors (Lipinski definition) is 2. The first-order valence-corrected chi connectivity index (χ1v) is 7.11. The van der Waals surface area contributed by atoms with Gasteiger partial charge in [-0.1, -0.05) is 48.0 Å². The zero-order chi connectivity index (χ0) is 13.5. The standard InChI is InChI=1S/C14H21BrN2O/c1-4-16-9-10(2)14(18)17-11(3)12-7-5-6-8-13(12)15/h5-8,10-11,16H,4,9H2,1-3H3,(H,17,18)/t10?,11-/m1/s1. The normalized spacial score (nSPS) is 14.0. The average Bonchev–Trinajstić information content (AvgIpc) is 2.36. The Kier molecular flexibility index (Phi) is 6.36. The van der Waals surface area contributed by atoms with E-state index in [4.69, 9.17) is 0 Å². The summed E-state index contributed by atoms with van der Waals surface area (Å²) >= 11 is 3.50. The van der Waals surface area contributed by atoms with E-state index in [0.29, 0.717) is 6.54 Å². The molecule has 2 N–H and O–H groups in total. The second-order valence-corrected chi connectivity index (χ2v) is 5.31. The van der Waals surface area contributed by atoms with Crippen molar-refractivity contribution in [3.63, 3.8) is 0 Å². The zero-order valence-electron chi connectivity index (χ0n) is 11.2. The van der Waals surface area contributed by atoms with Crippen molar-refractivity contribution in [3.05, 3.63) is 34.3 Å². The number of amides is 1. The Balaban J connectivity index is 2.57. The van der Waals surface area contributed by atoms with Gasteiger partial charge in [0.15, 0.2) is 0 Å². The number of nitrogens with one attached hydrogen (secondary N) is 2. The molecule has 2 atom stereocenters. The summed E-state index contributed by atoms with van der Waals surface area (Å²) < 4.78 is 1.03. The third kappa shape index (κ3) is 4.42. The molecule has 4 heteroatoms. The molecule has 1 aromatic rings. The van der Waals surface area contributed by atoms with Crippen LogP contribution in [-0.2, 0) is 4.79 Å². The lowest BCUT2D eigenvalue weighted by molar-refractivity contribution is -0.125. The van der Waals surface area contributed by atoms with Crippen LogP contribution in [0.5, 0.6) is 0 Å². The van der Waals surface area contributed by atoms with Crippen LogP contribution in [0.2, 0.25) is 0 Å². The molecule has 0 spiro atoms. The van der Waals surface area contributed by atoms with E-state index in [0.717, 1.165) is 16.6 Å². The van der Waals surface area contributed by atoms with Gasteiger partial charge in [0, 0.05) is 16.9 Å². The molecule has 3 nitrogen and oxygen atoms in total. The topological polar surface area (TPSA) is 41.1 Å². The molecule has 0 radical (unpaired) electrons. The first kappa shape index (κ1) is 15.2. The minimum atomic E-state index is -0.0186. The number of carbonyl (C=O) groups is 1. The lowest BCUT2D eigenvalue weighted by Gasteiger charge is -2.19. The molecule has 0 heterocycles. The van der Waals surface area contributed by atoms with Crippen molar-refractivity contribution in [2.24, 2.45) is 5.92 Å². The number of benzene rings is 1. The average molecular weight is 313 g/mol. The van der Waals surface area contributed by atoms with Crippen LogP contribution in [-0.4, -0.2) is 19.0 Å². The summed E-state index contributed by atoms with van der Waals surface area (Å²) in [7, 11) is 0. The van der Waals surface area contributed by atoms with Crippen LogP contribution in [0.3, 0.4) is 0 Å². The first-order chi connectivity index (χ1) is 8.56. The van der Waals surface area contributed by atoms with Crippen molar-refractivity contribution in [2.75, 3.05) is 13.1 Å². The predicted molar refractivity (Wildman–Crippen MR) is 78.4 cm³/mol. The lowest BCUT2D eigenvalue weighted by Crippen LogP contribution is -2.36. The van der Waals surface area contributed by atoms with Crippen molar-refractivity contribution < 1.29 is 4.79 Å². The molecular weight excluding hydrogens is 292 g/mol. The highest BCUT2D eigenvalue weighted by molar-refractivity contribution is 9.10. The van der Waals surface area contributed by atoms with Crippen LogP contribution in [0, 0.1) is 5.92 Å². The van der Waals surface area contributed by atoms with E-state index in [1.54, 1.807) is 0 Å². The summed E-state index contributed by atoms with van der Waals surface area (Å²) in [5, 5.41) is 6.22. The number of rotatable bonds is 6. The van der Waals surface area contributed by atoms with Gasteiger partial charge in [0.25, 0.3) is 0 Å². The molecule has 0 bridgehead atoms. The molecule has 0 fully saturated rings. The lowest BCUT2D eigenvalue weighted by atomic mass is 10.1. The van der Waals surface area contributed by atoms with E-state index in [-0.39, 0.29) is 17.9 Å². The molecule has 0 aliphatic carbocycles. The van der Waals surface area contributed by atoms with Crippen molar-refractivity contribution in [3.8, 4) is 0 Å². The Hall–Kier alpha value is -0.870. The molecular formula is C14H21BrN2O. The molecule has 0 aliphatic heterocycles. The number of halogens is 1. The summed E-state index contributed by atoms with van der Waals surface area (Å²) in [6.07, 6.45) is 0. The second kappa shape index (κ2) is 7.54. The maximum atomic E-state index is 12.0. The van der Waals surface area contributed by atoms with Gasteiger partial charge >= 0.3 is 0 Å². The van der Waals surface area contributed by atoms with Crippen LogP contribution < -0.4 is 10.6 Å². The molecule has 0 saturated carbocycles. The molecule has 0 saturated heterocycles. The molecule has 0 aromatic heterocycles. The molecule has 1 amide bonds. The number of hydrogen-bond acceptors (Lipinski definition) is 2. The Morgan fingerprint density at radius 1 is 1.33 bits per heavy atom. The van der Waals surface area contributed by atoms with Crippen molar-refractivity contribution in [1.82, 2.24) is 10.6 Å². The van der Waals surface area contributed by atoms with Crippen LogP contribution in [0.1, 0.15) is 32.4 Å². The molecule has 18 heavy (non-hydrogen) atoms. The summed E-state index contributed by atoms with van der Waals surface area (Å²) in [5.41, 5.74) is 1.10. The van der Waals surface area contributed by atoms with Gasteiger partial charge in [-0.15, -0.1) is 0 Å². The molecule has 1 unspecified atom stereocenters. The maximum absolute atomic E-state index is 12.0. The van der Waals surface area contributed by atoms with E-state index in [1.807, 2.05) is 45.0 Å².